The molecule has 2 aromatic rings. The highest BCUT2D eigenvalue weighted by molar-refractivity contribution is 7.18. The van der Waals surface area contributed by atoms with E-state index < -0.39 is 0 Å². The first-order valence-corrected chi connectivity index (χ1v) is 6.49. The van der Waals surface area contributed by atoms with Crippen LogP contribution in [0, 0.1) is 0 Å². The van der Waals surface area contributed by atoms with Crippen molar-refractivity contribution in [3.05, 3.63) is 30.5 Å². The molecule has 0 unspecified atom stereocenters. The molecule has 0 aliphatic heterocycles. The van der Waals surface area contributed by atoms with E-state index in [0.29, 0.717) is 0 Å². The van der Waals surface area contributed by atoms with Crippen LogP contribution in [-0.2, 0) is 0 Å². The SMILES string of the molecule is CCCNc1ncc(-c2cccc(OC)c2)s1. The molecule has 1 aromatic heterocycles. The highest BCUT2D eigenvalue weighted by atomic mass is 32.1. The number of hydrogen-bond donors (Lipinski definition) is 1. The summed E-state index contributed by atoms with van der Waals surface area (Å²) < 4.78 is 5.22. The quantitative estimate of drug-likeness (QED) is 0.877. The molecule has 0 atom stereocenters. The predicted molar refractivity (Wildman–Crippen MR) is 72.9 cm³/mol. The fourth-order valence-corrected chi connectivity index (χ4v) is 2.34. The van der Waals surface area contributed by atoms with Crippen LogP contribution in [-0.4, -0.2) is 18.6 Å². The largest absolute Gasteiger partial charge is 0.497 e. The number of aromatic nitrogens is 1. The Morgan fingerprint density at radius 2 is 2.29 bits per heavy atom. The Morgan fingerprint density at radius 1 is 1.41 bits per heavy atom. The van der Waals surface area contributed by atoms with E-state index in [0.717, 1.165) is 34.3 Å². The summed E-state index contributed by atoms with van der Waals surface area (Å²) in [4.78, 5) is 5.51. The van der Waals surface area contributed by atoms with Crippen molar-refractivity contribution in [2.45, 2.75) is 13.3 Å². The summed E-state index contributed by atoms with van der Waals surface area (Å²) >= 11 is 1.67. The Hall–Kier alpha value is -1.55. The summed E-state index contributed by atoms with van der Waals surface area (Å²) in [5, 5.41) is 4.27. The van der Waals surface area contributed by atoms with Crippen molar-refractivity contribution < 1.29 is 4.74 Å². The van der Waals surface area contributed by atoms with Gasteiger partial charge in [0.05, 0.1) is 12.0 Å². The van der Waals surface area contributed by atoms with Crippen molar-refractivity contribution in [3.63, 3.8) is 0 Å². The molecular formula is C13H16N2OS. The second-order valence-corrected chi connectivity index (χ2v) is 4.72. The molecule has 0 fully saturated rings. The van der Waals surface area contributed by atoms with Gasteiger partial charge in [0.15, 0.2) is 5.13 Å². The lowest BCUT2D eigenvalue weighted by Crippen LogP contribution is -1.97. The maximum atomic E-state index is 5.22. The first-order valence-electron chi connectivity index (χ1n) is 5.67. The summed E-state index contributed by atoms with van der Waals surface area (Å²) in [6, 6.07) is 8.03. The van der Waals surface area contributed by atoms with Crippen molar-refractivity contribution in [2.24, 2.45) is 0 Å². The molecular weight excluding hydrogens is 232 g/mol. The van der Waals surface area contributed by atoms with Gasteiger partial charge in [-0.05, 0) is 24.1 Å². The van der Waals surface area contributed by atoms with Crippen LogP contribution in [0.2, 0.25) is 0 Å². The molecule has 17 heavy (non-hydrogen) atoms. The zero-order valence-corrected chi connectivity index (χ0v) is 10.9. The molecule has 4 heteroatoms. The number of ether oxygens (including phenoxy) is 1. The van der Waals surface area contributed by atoms with Crippen LogP contribution in [0.5, 0.6) is 5.75 Å². The molecule has 0 radical (unpaired) electrons. The van der Waals surface area contributed by atoms with Crippen molar-refractivity contribution in [1.82, 2.24) is 4.98 Å². The number of thiazole rings is 1. The molecule has 0 saturated heterocycles. The standard InChI is InChI=1S/C13H16N2OS/c1-3-7-14-13-15-9-12(17-13)10-5-4-6-11(8-10)16-2/h4-6,8-9H,3,7H2,1-2H3,(H,14,15). The molecule has 0 aliphatic rings. The van der Waals surface area contributed by atoms with E-state index in [-0.39, 0.29) is 0 Å². The summed E-state index contributed by atoms with van der Waals surface area (Å²) in [6.45, 7) is 3.11. The molecule has 0 amide bonds. The first kappa shape index (κ1) is 11.9. The van der Waals surface area contributed by atoms with Gasteiger partial charge in [0.2, 0.25) is 0 Å². The predicted octanol–water partition coefficient (Wildman–Crippen LogP) is 3.64. The maximum absolute atomic E-state index is 5.22. The molecule has 0 spiro atoms. The van der Waals surface area contributed by atoms with Gasteiger partial charge < -0.3 is 10.1 Å². The Balaban J connectivity index is 2.18. The van der Waals surface area contributed by atoms with E-state index in [1.807, 2.05) is 24.4 Å². The Kier molecular flexibility index (Phi) is 3.98. The van der Waals surface area contributed by atoms with Crippen LogP contribution in [0.4, 0.5) is 5.13 Å². The summed E-state index contributed by atoms with van der Waals surface area (Å²) in [5.74, 6) is 0.874. The van der Waals surface area contributed by atoms with E-state index in [1.165, 1.54) is 0 Å². The third kappa shape index (κ3) is 2.97. The number of methoxy groups -OCH3 is 1. The summed E-state index contributed by atoms with van der Waals surface area (Å²) in [6.07, 6.45) is 3.01. The van der Waals surface area contributed by atoms with Gasteiger partial charge in [-0.25, -0.2) is 4.98 Å². The van der Waals surface area contributed by atoms with Gasteiger partial charge >= 0.3 is 0 Å². The molecule has 1 aromatic carbocycles. The Labute approximate surface area is 105 Å². The highest BCUT2D eigenvalue weighted by Crippen LogP contribution is 2.30. The second-order valence-electron chi connectivity index (χ2n) is 3.69. The van der Waals surface area contributed by atoms with Crippen LogP contribution in [0.1, 0.15) is 13.3 Å². The zero-order chi connectivity index (χ0) is 12.1. The van der Waals surface area contributed by atoms with Crippen LogP contribution in [0.25, 0.3) is 10.4 Å². The van der Waals surface area contributed by atoms with Crippen LogP contribution in [0.3, 0.4) is 0 Å². The lowest BCUT2D eigenvalue weighted by molar-refractivity contribution is 0.415. The molecule has 1 N–H and O–H groups in total. The summed E-state index contributed by atoms with van der Waals surface area (Å²) in [5.41, 5.74) is 1.14. The van der Waals surface area contributed by atoms with Gasteiger partial charge in [0.25, 0.3) is 0 Å². The lowest BCUT2D eigenvalue weighted by atomic mass is 10.2. The molecule has 0 aliphatic carbocycles. The number of nitrogens with one attached hydrogen (secondary N) is 1. The van der Waals surface area contributed by atoms with Gasteiger partial charge in [0.1, 0.15) is 5.75 Å². The minimum absolute atomic E-state index is 0.874. The third-order valence-corrected chi connectivity index (χ3v) is 3.39. The molecule has 3 nitrogen and oxygen atoms in total. The van der Waals surface area contributed by atoms with Crippen molar-refractivity contribution in [2.75, 3.05) is 19.0 Å². The van der Waals surface area contributed by atoms with E-state index in [4.69, 9.17) is 4.74 Å². The third-order valence-electron chi connectivity index (χ3n) is 2.39. The normalized spacial score (nSPS) is 10.2. The number of hydrogen-bond acceptors (Lipinski definition) is 4. The topological polar surface area (TPSA) is 34.2 Å². The van der Waals surface area contributed by atoms with E-state index in [1.54, 1.807) is 18.4 Å². The Bertz CT molecular complexity index is 482. The van der Waals surface area contributed by atoms with E-state index >= 15 is 0 Å². The number of benzene rings is 1. The van der Waals surface area contributed by atoms with Gasteiger partial charge in [0, 0.05) is 12.7 Å². The van der Waals surface area contributed by atoms with E-state index in [9.17, 15) is 0 Å². The molecule has 0 bridgehead atoms. The lowest BCUT2D eigenvalue weighted by Gasteiger charge is -2.01. The number of rotatable bonds is 5. The van der Waals surface area contributed by atoms with Crippen LogP contribution >= 0.6 is 11.3 Å². The fourth-order valence-electron chi connectivity index (χ4n) is 1.50. The highest BCUT2D eigenvalue weighted by Gasteiger charge is 2.04. The van der Waals surface area contributed by atoms with Crippen LogP contribution < -0.4 is 10.1 Å². The van der Waals surface area contributed by atoms with Gasteiger partial charge in [-0.2, -0.15) is 0 Å². The molecule has 90 valence electrons. The zero-order valence-electron chi connectivity index (χ0n) is 10.1. The second kappa shape index (κ2) is 5.68. The van der Waals surface area contributed by atoms with Crippen molar-refractivity contribution in [1.29, 1.82) is 0 Å². The maximum Gasteiger partial charge on any atom is 0.183 e. The monoisotopic (exact) mass is 248 g/mol. The first-order chi connectivity index (χ1) is 8.33. The average molecular weight is 248 g/mol. The molecule has 2 rings (SSSR count). The summed E-state index contributed by atoms with van der Waals surface area (Å²) in [7, 11) is 1.68. The van der Waals surface area contributed by atoms with Crippen LogP contribution in [0.15, 0.2) is 30.5 Å². The minimum Gasteiger partial charge on any atom is -0.497 e. The fraction of sp³-hybridized carbons (Fsp3) is 0.308. The van der Waals surface area contributed by atoms with Gasteiger partial charge in [-0.15, -0.1) is 0 Å². The Morgan fingerprint density at radius 3 is 3.06 bits per heavy atom. The van der Waals surface area contributed by atoms with Gasteiger partial charge in [-0.3, -0.25) is 0 Å². The number of anilines is 1. The smallest absolute Gasteiger partial charge is 0.183 e. The average Bonchev–Trinajstić information content (AvgIpc) is 2.85. The van der Waals surface area contributed by atoms with E-state index in [2.05, 4.69) is 23.3 Å². The van der Waals surface area contributed by atoms with Gasteiger partial charge in [-0.1, -0.05) is 30.4 Å². The van der Waals surface area contributed by atoms with Crippen molar-refractivity contribution in [3.8, 4) is 16.2 Å². The molecule has 0 saturated carbocycles. The number of nitrogens with zero attached hydrogens (tertiary/aromatic N) is 1. The molecule has 1 heterocycles. The van der Waals surface area contributed by atoms with Crippen molar-refractivity contribution >= 4 is 16.5 Å². The minimum atomic E-state index is 0.874.